The van der Waals surface area contributed by atoms with Gasteiger partial charge in [-0.05, 0) is 79.3 Å². The number of amides is 3. The van der Waals surface area contributed by atoms with Gasteiger partial charge in [-0.25, -0.2) is 0 Å². The van der Waals surface area contributed by atoms with Crippen LogP contribution >= 0.6 is 28.3 Å². The molecule has 2 atom stereocenters. The Morgan fingerprint density at radius 2 is 1.77 bits per heavy atom. The molecule has 1 aliphatic heterocycles. The second-order valence-corrected chi connectivity index (χ2v) is 11.1. The fraction of sp³-hybridized carbons (Fsp3) is 0.212. The van der Waals surface area contributed by atoms with E-state index in [9.17, 15) is 19.6 Å². The molecule has 0 radical (unpaired) electrons. The summed E-state index contributed by atoms with van der Waals surface area (Å²) in [6.45, 7) is 1.74. The molecular weight excluding hydrogens is 646 g/mol. The van der Waals surface area contributed by atoms with Gasteiger partial charge in [0.25, 0.3) is 11.8 Å². The van der Waals surface area contributed by atoms with Crippen LogP contribution in [0, 0.1) is 11.3 Å². The van der Waals surface area contributed by atoms with Crippen LogP contribution in [0.3, 0.4) is 0 Å². The first-order chi connectivity index (χ1) is 20.7. The number of nitrogens with one attached hydrogen (secondary N) is 2. The van der Waals surface area contributed by atoms with Gasteiger partial charge in [0.2, 0.25) is 5.91 Å². The van der Waals surface area contributed by atoms with E-state index < -0.39 is 12.1 Å². The molecule has 0 aromatic heterocycles. The zero-order valence-electron chi connectivity index (χ0n) is 24.3. The minimum Gasteiger partial charge on any atom is -0.496 e. The summed E-state index contributed by atoms with van der Waals surface area (Å²) in [5, 5.41) is 16.9. The van der Waals surface area contributed by atoms with Crippen molar-refractivity contribution >= 4 is 68.2 Å². The van der Waals surface area contributed by atoms with Crippen LogP contribution in [-0.4, -0.2) is 50.5 Å². The number of para-hydroxylation sites is 2. The number of anilines is 2. The maximum atomic E-state index is 14.4. The maximum absolute atomic E-state index is 14.4. The first-order valence-electron chi connectivity index (χ1n) is 13.7. The van der Waals surface area contributed by atoms with Gasteiger partial charge in [0, 0.05) is 15.6 Å². The predicted octanol–water partition coefficient (Wildman–Crippen LogP) is 5.19. The van der Waals surface area contributed by atoms with Crippen LogP contribution in [0.2, 0.25) is 0 Å². The second kappa shape index (κ2) is 13.9. The molecule has 3 amide bonds. The number of benzene rings is 4. The quantitative estimate of drug-likeness (QED) is 0.279. The lowest BCUT2D eigenvalue weighted by Gasteiger charge is -2.27. The summed E-state index contributed by atoms with van der Waals surface area (Å²) in [7, 11) is 3.25. The number of nitrogens with zero attached hydrogens (tertiary/aromatic N) is 3. The van der Waals surface area contributed by atoms with Crippen molar-refractivity contribution in [3.63, 3.8) is 0 Å². The van der Waals surface area contributed by atoms with Crippen molar-refractivity contribution in [1.29, 1.82) is 5.26 Å². The van der Waals surface area contributed by atoms with Crippen LogP contribution in [0.15, 0.2) is 83.3 Å². The van der Waals surface area contributed by atoms with E-state index >= 15 is 0 Å². The van der Waals surface area contributed by atoms with Gasteiger partial charge >= 0.3 is 0 Å². The molecular formula is C33H31BrClN5O4. The zero-order valence-corrected chi connectivity index (χ0v) is 26.7. The van der Waals surface area contributed by atoms with Crippen LogP contribution in [0.1, 0.15) is 28.4 Å². The van der Waals surface area contributed by atoms with Crippen molar-refractivity contribution in [2.45, 2.75) is 25.6 Å². The molecule has 0 fully saturated rings. The van der Waals surface area contributed by atoms with Gasteiger partial charge in [0.1, 0.15) is 11.8 Å². The van der Waals surface area contributed by atoms with Gasteiger partial charge in [0.05, 0.1) is 49.2 Å². The van der Waals surface area contributed by atoms with Gasteiger partial charge in [-0.1, -0.05) is 40.2 Å². The van der Waals surface area contributed by atoms with Gasteiger partial charge in [-0.2, -0.15) is 5.26 Å². The van der Waals surface area contributed by atoms with Gasteiger partial charge < -0.3 is 25.2 Å². The van der Waals surface area contributed by atoms with E-state index in [0.29, 0.717) is 28.3 Å². The molecule has 1 aliphatic rings. The summed E-state index contributed by atoms with van der Waals surface area (Å²) in [6.07, 6.45) is 0. The molecule has 0 bridgehead atoms. The number of fused-ring (bicyclic) bond motifs is 2. The summed E-state index contributed by atoms with van der Waals surface area (Å²) < 4.78 is 6.66. The molecule has 0 saturated heterocycles. The summed E-state index contributed by atoms with van der Waals surface area (Å²) in [5.41, 5.74) is 2.60. The zero-order chi connectivity index (χ0) is 30.7. The monoisotopic (exact) mass is 675 g/mol. The van der Waals surface area contributed by atoms with E-state index in [-0.39, 0.29) is 43.2 Å². The Kier molecular flexibility index (Phi) is 10.3. The molecule has 0 aliphatic carbocycles. The lowest BCUT2D eigenvalue weighted by atomic mass is 10.0. The molecule has 9 nitrogen and oxygen atoms in total. The number of hydrogen-bond donors (Lipinski definition) is 2. The van der Waals surface area contributed by atoms with E-state index in [1.54, 1.807) is 68.4 Å². The first-order valence-corrected chi connectivity index (χ1v) is 14.5. The van der Waals surface area contributed by atoms with Crippen LogP contribution < -0.4 is 25.2 Å². The van der Waals surface area contributed by atoms with E-state index in [0.717, 1.165) is 20.8 Å². The number of methoxy groups -OCH3 is 1. The van der Waals surface area contributed by atoms with Crippen molar-refractivity contribution < 1.29 is 19.1 Å². The Balaban J connectivity index is 0.00000442. The predicted molar refractivity (Wildman–Crippen MR) is 176 cm³/mol. The average Bonchev–Trinajstić information content (AvgIpc) is 3.14. The third kappa shape index (κ3) is 6.40. The number of nitriles is 1. The van der Waals surface area contributed by atoms with Gasteiger partial charge in [0.15, 0.2) is 0 Å². The normalized spacial score (nSPS) is 15.0. The number of carbonyl (C=O) groups excluding carboxylic acids is 3. The smallest absolute Gasteiger partial charge is 0.258 e. The molecule has 0 spiro atoms. The van der Waals surface area contributed by atoms with Gasteiger partial charge in [-0.3, -0.25) is 14.4 Å². The Bertz CT molecular complexity index is 1760. The van der Waals surface area contributed by atoms with Crippen molar-refractivity contribution in [3.05, 3.63) is 100 Å². The Morgan fingerprint density at radius 1 is 1.07 bits per heavy atom. The molecule has 1 heterocycles. The number of halogens is 2. The van der Waals surface area contributed by atoms with Crippen LogP contribution in [0.5, 0.6) is 5.75 Å². The molecule has 11 heteroatoms. The van der Waals surface area contributed by atoms with Crippen molar-refractivity contribution in [1.82, 2.24) is 10.6 Å². The lowest BCUT2D eigenvalue weighted by Crippen LogP contribution is -2.55. The molecule has 44 heavy (non-hydrogen) atoms. The summed E-state index contributed by atoms with van der Waals surface area (Å²) in [4.78, 5) is 44.6. The standard InChI is InChI=1S/C33H30BrN5O4.ClH/c1-20(36-2)31(40)37-27-19-39(32(41)22-10-8-21(17-35)9-11-22)29-7-5-4-6-28(29)38(33(27)42)18-26-25-14-13-24(34)16-23(25)12-15-30(26)43-3;/h4-16,20,27,36H,18-19H2,1-3H3,(H,37,40);1H/t20-,27-;/m0./s1. The minimum absolute atomic E-state index is 0. The molecule has 0 unspecified atom stereocenters. The van der Waals surface area contributed by atoms with Crippen molar-refractivity contribution in [2.24, 2.45) is 0 Å². The Hall–Kier alpha value is -4.43. The maximum Gasteiger partial charge on any atom is 0.258 e. The highest BCUT2D eigenvalue weighted by Gasteiger charge is 2.38. The number of likely N-dealkylation sites (N-methyl/N-ethyl adjacent to an activating group) is 1. The third-order valence-corrected chi connectivity index (χ3v) is 8.12. The molecule has 5 rings (SSSR count). The van der Waals surface area contributed by atoms with E-state index in [1.165, 1.54) is 4.90 Å². The fourth-order valence-corrected chi connectivity index (χ4v) is 5.56. The highest BCUT2D eigenvalue weighted by Crippen LogP contribution is 2.38. The SMILES string of the molecule is CN[C@@H](C)C(=O)N[C@H]1CN(C(=O)c2ccc(C#N)cc2)c2ccccc2N(Cc2c(OC)ccc3cc(Br)ccc23)C1=O.Cl. The number of carbonyl (C=O) groups is 3. The molecule has 0 saturated carbocycles. The molecule has 226 valence electrons. The number of hydrogen-bond acceptors (Lipinski definition) is 6. The Morgan fingerprint density at radius 3 is 2.43 bits per heavy atom. The summed E-state index contributed by atoms with van der Waals surface area (Å²) in [5.74, 6) is -0.486. The second-order valence-electron chi connectivity index (χ2n) is 10.2. The topological polar surface area (TPSA) is 115 Å². The van der Waals surface area contributed by atoms with Crippen molar-refractivity contribution in [2.75, 3.05) is 30.5 Å². The highest BCUT2D eigenvalue weighted by molar-refractivity contribution is 9.10. The average molecular weight is 677 g/mol. The van der Waals surface area contributed by atoms with E-state index in [1.807, 2.05) is 36.4 Å². The first kappa shape index (κ1) is 32.5. The van der Waals surface area contributed by atoms with Crippen LogP contribution in [0.25, 0.3) is 10.8 Å². The lowest BCUT2D eigenvalue weighted by molar-refractivity contribution is -0.128. The molecule has 4 aromatic carbocycles. The molecule has 2 N–H and O–H groups in total. The van der Waals surface area contributed by atoms with Crippen LogP contribution in [-0.2, 0) is 16.1 Å². The number of rotatable bonds is 7. The van der Waals surface area contributed by atoms with E-state index in [2.05, 4.69) is 32.6 Å². The molecule has 4 aromatic rings. The minimum atomic E-state index is -1.05. The Labute approximate surface area is 270 Å². The number of ether oxygens (including phenoxy) is 1. The summed E-state index contributed by atoms with van der Waals surface area (Å²) in [6, 6.07) is 23.7. The van der Waals surface area contributed by atoms with Crippen molar-refractivity contribution in [3.8, 4) is 11.8 Å². The summed E-state index contributed by atoms with van der Waals surface area (Å²) >= 11 is 3.53. The van der Waals surface area contributed by atoms with E-state index in [4.69, 9.17) is 4.74 Å². The fourth-order valence-electron chi connectivity index (χ4n) is 5.18. The van der Waals surface area contributed by atoms with Crippen LogP contribution in [0.4, 0.5) is 11.4 Å². The third-order valence-electron chi connectivity index (χ3n) is 7.63. The largest absolute Gasteiger partial charge is 0.496 e. The van der Waals surface area contributed by atoms with Gasteiger partial charge in [-0.15, -0.1) is 12.4 Å². The highest BCUT2D eigenvalue weighted by atomic mass is 79.9.